The van der Waals surface area contributed by atoms with Crippen LogP contribution in [0.15, 0.2) is 41.3 Å². The van der Waals surface area contributed by atoms with Crippen LogP contribution in [0.4, 0.5) is 11.4 Å². The summed E-state index contributed by atoms with van der Waals surface area (Å²) in [4.78, 5) is -0.169. The van der Waals surface area contributed by atoms with Crippen LogP contribution in [0.1, 0.15) is 5.56 Å². The maximum atomic E-state index is 12.3. The number of rotatable bonds is 3. The first-order valence-electron chi connectivity index (χ1n) is 5.61. The van der Waals surface area contributed by atoms with Crippen LogP contribution in [0, 0.1) is 11.3 Å². The molecule has 0 aliphatic carbocycles. The number of nitrogens with two attached hydrogens (primary N) is 1. The van der Waals surface area contributed by atoms with E-state index in [0.29, 0.717) is 5.69 Å². The lowest BCUT2D eigenvalue weighted by Crippen LogP contribution is -2.14. The van der Waals surface area contributed by atoms with Crippen LogP contribution in [0.5, 0.6) is 0 Å². The van der Waals surface area contributed by atoms with Crippen molar-refractivity contribution >= 4 is 44.6 Å². The minimum Gasteiger partial charge on any atom is -0.399 e. The van der Waals surface area contributed by atoms with Crippen molar-refractivity contribution in [1.82, 2.24) is 0 Å². The summed E-state index contributed by atoms with van der Waals surface area (Å²) in [6.45, 7) is 0. The second kappa shape index (κ2) is 5.82. The maximum absolute atomic E-state index is 12.3. The summed E-state index contributed by atoms with van der Waals surface area (Å²) in [6.07, 6.45) is 0. The molecule has 2 rings (SSSR count). The number of nitriles is 1. The Bertz CT molecular complexity index is 845. The Labute approximate surface area is 132 Å². The molecule has 0 bridgehead atoms. The van der Waals surface area contributed by atoms with Crippen LogP contribution >= 0.6 is 23.2 Å². The van der Waals surface area contributed by atoms with Gasteiger partial charge in [-0.05, 0) is 36.4 Å². The van der Waals surface area contributed by atoms with Gasteiger partial charge in [0.2, 0.25) is 0 Å². The number of nitrogen functional groups attached to an aromatic ring is 1. The van der Waals surface area contributed by atoms with E-state index in [2.05, 4.69) is 4.72 Å². The second-order valence-corrected chi connectivity index (χ2v) is 6.59. The lowest BCUT2D eigenvalue weighted by atomic mass is 10.2. The zero-order chi connectivity index (χ0) is 15.6. The molecule has 0 fully saturated rings. The molecule has 0 amide bonds. The van der Waals surface area contributed by atoms with Crippen LogP contribution in [0.25, 0.3) is 0 Å². The van der Waals surface area contributed by atoms with Crippen molar-refractivity contribution in [3.63, 3.8) is 0 Å². The zero-order valence-corrected chi connectivity index (χ0v) is 12.8. The van der Waals surface area contributed by atoms with Crippen molar-refractivity contribution in [2.45, 2.75) is 4.90 Å². The molecule has 8 heteroatoms. The molecule has 3 N–H and O–H groups in total. The fourth-order valence-corrected chi connectivity index (χ4v) is 3.47. The van der Waals surface area contributed by atoms with Crippen LogP contribution in [0.2, 0.25) is 10.0 Å². The Morgan fingerprint density at radius 3 is 2.52 bits per heavy atom. The van der Waals surface area contributed by atoms with Gasteiger partial charge < -0.3 is 5.73 Å². The standard InChI is InChI=1S/C13H9Cl2N3O2S/c14-9-1-3-11(15)13(6-9)21(19,20)18-12-4-2-10(17)5-8(12)7-16/h1-6,18H,17H2. The Kier molecular flexibility index (Phi) is 4.28. The molecule has 21 heavy (non-hydrogen) atoms. The monoisotopic (exact) mass is 341 g/mol. The smallest absolute Gasteiger partial charge is 0.263 e. The summed E-state index contributed by atoms with van der Waals surface area (Å²) in [7, 11) is -3.97. The van der Waals surface area contributed by atoms with Gasteiger partial charge in [-0.2, -0.15) is 5.26 Å². The van der Waals surface area contributed by atoms with Crippen molar-refractivity contribution in [2.24, 2.45) is 0 Å². The van der Waals surface area contributed by atoms with Gasteiger partial charge in [0.15, 0.2) is 0 Å². The fourth-order valence-electron chi connectivity index (χ4n) is 1.63. The lowest BCUT2D eigenvalue weighted by molar-refractivity contribution is 0.601. The van der Waals surface area contributed by atoms with Crippen molar-refractivity contribution in [1.29, 1.82) is 5.26 Å². The Morgan fingerprint density at radius 1 is 1.14 bits per heavy atom. The van der Waals surface area contributed by atoms with Gasteiger partial charge in [0, 0.05) is 10.7 Å². The van der Waals surface area contributed by atoms with Gasteiger partial charge in [0.1, 0.15) is 11.0 Å². The first-order chi connectivity index (χ1) is 9.83. The molecular weight excluding hydrogens is 333 g/mol. The molecule has 0 aromatic heterocycles. The highest BCUT2D eigenvalue weighted by Crippen LogP contribution is 2.28. The Hall–Kier alpha value is -1.94. The predicted octanol–water partition coefficient (Wildman–Crippen LogP) is 3.25. The fraction of sp³-hybridized carbons (Fsp3) is 0. The average Bonchev–Trinajstić information content (AvgIpc) is 2.43. The third-order valence-corrected chi connectivity index (χ3v) is 4.67. The molecule has 0 aliphatic heterocycles. The predicted molar refractivity (Wildman–Crippen MR) is 82.8 cm³/mol. The van der Waals surface area contributed by atoms with E-state index in [1.165, 1.54) is 36.4 Å². The molecule has 0 radical (unpaired) electrons. The highest BCUT2D eigenvalue weighted by Gasteiger charge is 2.20. The second-order valence-electron chi connectivity index (χ2n) is 4.10. The molecule has 5 nitrogen and oxygen atoms in total. The number of hydrogen-bond acceptors (Lipinski definition) is 4. The number of sulfonamides is 1. The van der Waals surface area contributed by atoms with E-state index in [-0.39, 0.29) is 26.2 Å². The highest BCUT2D eigenvalue weighted by atomic mass is 35.5. The van der Waals surface area contributed by atoms with E-state index >= 15 is 0 Å². The topological polar surface area (TPSA) is 96.0 Å². The molecule has 0 saturated carbocycles. The SMILES string of the molecule is N#Cc1cc(N)ccc1NS(=O)(=O)c1cc(Cl)ccc1Cl. The molecule has 0 atom stereocenters. The molecule has 2 aromatic rings. The minimum absolute atomic E-state index is 0.0286. The van der Waals surface area contributed by atoms with Crippen LogP contribution in [-0.2, 0) is 10.0 Å². The summed E-state index contributed by atoms with van der Waals surface area (Å²) in [5.74, 6) is 0. The molecule has 2 aromatic carbocycles. The molecule has 0 aliphatic rings. The summed E-state index contributed by atoms with van der Waals surface area (Å²) in [5.41, 5.74) is 6.13. The Balaban J connectivity index is 2.48. The largest absolute Gasteiger partial charge is 0.399 e. The van der Waals surface area contributed by atoms with Gasteiger partial charge in [0.05, 0.1) is 16.3 Å². The number of anilines is 2. The van der Waals surface area contributed by atoms with Crippen molar-refractivity contribution in [2.75, 3.05) is 10.5 Å². The average molecular weight is 342 g/mol. The maximum Gasteiger partial charge on any atom is 0.263 e. The van der Waals surface area contributed by atoms with E-state index in [0.717, 1.165) is 0 Å². The number of benzene rings is 2. The normalized spacial score (nSPS) is 10.9. The van der Waals surface area contributed by atoms with E-state index in [4.69, 9.17) is 34.2 Å². The van der Waals surface area contributed by atoms with Gasteiger partial charge in [0.25, 0.3) is 10.0 Å². The number of halogens is 2. The first-order valence-corrected chi connectivity index (χ1v) is 7.85. The molecule has 0 spiro atoms. The third-order valence-electron chi connectivity index (χ3n) is 2.59. The van der Waals surface area contributed by atoms with Crippen molar-refractivity contribution in [3.05, 3.63) is 52.0 Å². The van der Waals surface area contributed by atoms with Gasteiger partial charge in [-0.15, -0.1) is 0 Å². The quantitative estimate of drug-likeness (QED) is 0.837. The van der Waals surface area contributed by atoms with Crippen LogP contribution in [-0.4, -0.2) is 8.42 Å². The van der Waals surface area contributed by atoms with Gasteiger partial charge in [-0.3, -0.25) is 4.72 Å². The van der Waals surface area contributed by atoms with E-state index in [9.17, 15) is 8.42 Å². The molecule has 0 heterocycles. The summed E-state index contributed by atoms with van der Waals surface area (Å²) >= 11 is 11.7. The third kappa shape index (κ3) is 3.39. The Morgan fingerprint density at radius 2 is 1.86 bits per heavy atom. The summed E-state index contributed by atoms with van der Waals surface area (Å²) in [6, 6.07) is 10.2. The van der Waals surface area contributed by atoms with E-state index in [1.54, 1.807) is 0 Å². The number of nitrogens with one attached hydrogen (secondary N) is 1. The van der Waals surface area contributed by atoms with Crippen LogP contribution in [0.3, 0.4) is 0 Å². The van der Waals surface area contributed by atoms with E-state index < -0.39 is 10.0 Å². The zero-order valence-electron chi connectivity index (χ0n) is 10.5. The van der Waals surface area contributed by atoms with Gasteiger partial charge in [-0.1, -0.05) is 23.2 Å². The van der Waals surface area contributed by atoms with Crippen molar-refractivity contribution < 1.29 is 8.42 Å². The van der Waals surface area contributed by atoms with E-state index in [1.807, 2.05) is 6.07 Å². The number of nitrogens with zero attached hydrogens (tertiary/aromatic N) is 1. The van der Waals surface area contributed by atoms with Gasteiger partial charge in [-0.25, -0.2) is 8.42 Å². The molecule has 108 valence electrons. The highest BCUT2D eigenvalue weighted by molar-refractivity contribution is 7.92. The van der Waals surface area contributed by atoms with Crippen LogP contribution < -0.4 is 10.5 Å². The lowest BCUT2D eigenvalue weighted by Gasteiger charge is -2.11. The summed E-state index contributed by atoms with van der Waals surface area (Å²) < 4.78 is 27.0. The van der Waals surface area contributed by atoms with Gasteiger partial charge >= 0.3 is 0 Å². The summed E-state index contributed by atoms with van der Waals surface area (Å²) in [5, 5.41) is 9.28. The first kappa shape index (κ1) is 15.4. The number of hydrogen-bond donors (Lipinski definition) is 2. The van der Waals surface area contributed by atoms with Crippen molar-refractivity contribution in [3.8, 4) is 6.07 Å². The minimum atomic E-state index is -3.97. The molecular formula is C13H9Cl2N3O2S. The molecule has 0 saturated heterocycles. The molecule has 0 unspecified atom stereocenters.